The fourth-order valence-corrected chi connectivity index (χ4v) is 3.06. The molecule has 0 atom stereocenters. The third kappa shape index (κ3) is 5.66. The van der Waals surface area contributed by atoms with Gasteiger partial charge in [-0.2, -0.15) is 0 Å². The van der Waals surface area contributed by atoms with Gasteiger partial charge in [0.15, 0.2) is 5.69 Å². The van der Waals surface area contributed by atoms with Crippen LogP contribution in [0.5, 0.6) is 5.75 Å². The zero-order valence-electron chi connectivity index (χ0n) is 16.9. The van der Waals surface area contributed by atoms with Crippen LogP contribution in [0.3, 0.4) is 0 Å². The normalized spacial score (nSPS) is 15.1. The molecule has 3 heterocycles. The molecule has 0 spiro atoms. The van der Waals surface area contributed by atoms with Crippen LogP contribution in [0.25, 0.3) is 0 Å². The number of carbonyl (C=O) groups is 2. The van der Waals surface area contributed by atoms with Gasteiger partial charge in [-0.3, -0.25) is 9.78 Å². The monoisotopic (exact) mass is 398 g/mol. The van der Waals surface area contributed by atoms with E-state index in [9.17, 15) is 9.59 Å². The summed E-state index contributed by atoms with van der Waals surface area (Å²) in [5, 5.41) is 0. The molecule has 1 saturated heterocycles. The van der Waals surface area contributed by atoms with E-state index in [4.69, 9.17) is 15.2 Å². The van der Waals surface area contributed by atoms with Gasteiger partial charge in [-0.25, -0.2) is 9.78 Å². The largest absolute Gasteiger partial charge is 0.490 e. The van der Waals surface area contributed by atoms with Crippen LogP contribution in [0.2, 0.25) is 0 Å². The van der Waals surface area contributed by atoms with E-state index in [2.05, 4.69) is 14.9 Å². The number of piperidine rings is 1. The minimum absolute atomic E-state index is 0.0171. The third-order valence-electron chi connectivity index (χ3n) is 4.39. The van der Waals surface area contributed by atoms with Crippen LogP contribution < -0.4 is 15.4 Å². The summed E-state index contributed by atoms with van der Waals surface area (Å²) >= 11 is 0. The summed E-state index contributed by atoms with van der Waals surface area (Å²) in [6.07, 6.45) is 3.10. The predicted octanol–water partition coefficient (Wildman–Crippen LogP) is 2.58. The Morgan fingerprint density at radius 1 is 1.14 bits per heavy atom. The van der Waals surface area contributed by atoms with Crippen LogP contribution in [0.1, 0.15) is 54.6 Å². The Kier molecular flexibility index (Phi) is 6.00. The molecule has 0 aliphatic carbocycles. The van der Waals surface area contributed by atoms with Crippen LogP contribution in [-0.2, 0) is 4.74 Å². The van der Waals surface area contributed by atoms with E-state index in [-0.39, 0.29) is 11.8 Å². The topological polar surface area (TPSA) is 108 Å². The van der Waals surface area contributed by atoms with Gasteiger partial charge in [-0.05, 0) is 39.0 Å². The molecule has 0 saturated carbocycles. The second-order valence-electron chi connectivity index (χ2n) is 7.93. The first-order chi connectivity index (χ1) is 13.7. The summed E-state index contributed by atoms with van der Waals surface area (Å²) in [5.41, 5.74) is 5.18. The first kappa shape index (κ1) is 20.6. The average molecular weight is 398 g/mol. The third-order valence-corrected chi connectivity index (χ3v) is 4.39. The van der Waals surface area contributed by atoms with Crippen LogP contribution in [0.15, 0.2) is 36.5 Å². The number of hydrogen-bond acceptors (Lipinski definition) is 7. The first-order valence-corrected chi connectivity index (χ1v) is 9.59. The van der Waals surface area contributed by atoms with Crippen LogP contribution in [-0.4, -0.2) is 46.6 Å². The van der Waals surface area contributed by atoms with Gasteiger partial charge in [-0.1, -0.05) is 6.07 Å². The van der Waals surface area contributed by atoms with Crippen LogP contribution >= 0.6 is 0 Å². The fraction of sp³-hybridized carbons (Fsp3) is 0.429. The number of esters is 1. The lowest BCUT2D eigenvalue weighted by molar-refractivity contribution is 0.00627. The Balaban J connectivity index is 1.59. The Bertz CT molecular complexity index is 886. The molecule has 0 aromatic carbocycles. The van der Waals surface area contributed by atoms with E-state index in [1.165, 1.54) is 6.20 Å². The number of primary amides is 1. The number of amides is 1. The summed E-state index contributed by atoms with van der Waals surface area (Å²) in [6, 6.07) is 8.63. The first-order valence-electron chi connectivity index (χ1n) is 9.59. The maximum Gasteiger partial charge on any atom is 0.357 e. The minimum Gasteiger partial charge on any atom is -0.490 e. The molecule has 8 heteroatoms. The van der Waals surface area contributed by atoms with Crippen molar-refractivity contribution >= 4 is 17.7 Å². The van der Waals surface area contributed by atoms with Crippen molar-refractivity contribution in [1.82, 2.24) is 9.97 Å². The maximum absolute atomic E-state index is 12.3. The Labute approximate surface area is 170 Å². The van der Waals surface area contributed by atoms with E-state index < -0.39 is 17.5 Å². The molecule has 2 aromatic heterocycles. The number of anilines is 1. The standard InChI is InChI=1S/C21H26N4O4/c1-21(2,3)29-20(27)16-5-4-6-18(24-16)25-11-8-14(9-12-25)28-15-7-10-23-17(13-15)19(22)26/h4-7,10,13-14H,8-9,11-12H2,1-3H3,(H2,22,26). The minimum atomic E-state index is -0.582. The van der Waals surface area contributed by atoms with E-state index in [0.717, 1.165) is 31.7 Å². The van der Waals surface area contributed by atoms with E-state index >= 15 is 0 Å². The van der Waals surface area contributed by atoms with Crippen LogP contribution in [0, 0.1) is 0 Å². The number of nitrogens with zero attached hydrogens (tertiary/aromatic N) is 3. The molecule has 3 rings (SSSR count). The SMILES string of the molecule is CC(C)(C)OC(=O)c1cccc(N2CCC(Oc3ccnc(C(N)=O)c3)CC2)n1. The maximum atomic E-state index is 12.3. The molecule has 1 amide bonds. The smallest absolute Gasteiger partial charge is 0.357 e. The lowest BCUT2D eigenvalue weighted by Gasteiger charge is -2.33. The van der Waals surface area contributed by atoms with Crippen molar-refractivity contribution < 1.29 is 19.1 Å². The highest BCUT2D eigenvalue weighted by Gasteiger charge is 2.24. The summed E-state index contributed by atoms with van der Waals surface area (Å²) in [4.78, 5) is 34.0. The van der Waals surface area contributed by atoms with Crippen molar-refractivity contribution in [3.63, 3.8) is 0 Å². The zero-order valence-corrected chi connectivity index (χ0v) is 16.9. The highest BCUT2D eigenvalue weighted by molar-refractivity contribution is 5.91. The number of nitrogens with two attached hydrogens (primary N) is 1. The van der Waals surface area contributed by atoms with Gasteiger partial charge in [0.1, 0.15) is 29.0 Å². The number of rotatable bonds is 5. The molecular weight excluding hydrogens is 372 g/mol. The Morgan fingerprint density at radius 3 is 2.52 bits per heavy atom. The van der Waals surface area contributed by atoms with Gasteiger partial charge in [0.05, 0.1) is 0 Å². The van der Waals surface area contributed by atoms with E-state index in [1.54, 1.807) is 18.2 Å². The average Bonchev–Trinajstić information content (AvgIpc) is 2.67. The quantitative estimate of drug-likeness (QED) is 0.771. The lowest BCUT2D eigenvalue weighted by atomic mass is 10.1. The van der Waals surface area contributed by atoms with Gasteiger partial charge in [-0.15, -0.1) is 0 Å². The van der Waals surface area contributed by atoms with Crippen molar-refractivity contribution in [1.29, 1.82) is 0 Å². The molecule has 29 heavy (non-hydrogen) atoms. The van der Waals surface area contributed by atoms with Crippen molar-refractivity contribution in [3.8, 4) is 5.75 Å². The summed E-state index contributed by atoms with van der Waals surface area (Å²) in [5.74, 6) is 0.311. The van der Waals surface area contributed by atoms with Gasteiger partial charge < -0.3 is 20.1 Å². The number of hydrogen-bond donors (Lipinski definition) is 1. The number of ether oxygens (including phenoxy) is 2. The number of aromatic nitrogens is 2. The molecule has 0 bridgehead atoms. The van der Waals surface area contributed by atoms with Crippen molar-refractivity contribution in [2.75, 3.05) is 18.0 Å². The Hall–Kier alpha value is -3.16. The van der Waals surface area contributed by atoms with E-state index in [1.807, 2.05) is 32.9 Å². The highest BCUT2D eigenvalue weighted by atomic mass is 16.6. The van der Waals surface area contributed by atoms with Gasteiger partial charge in [0, 0.05) is 38.2 Å². The summed E-state index contributed by atoms with van der Waals surface area (Å²) in [6.45, 7) is 6.96. The second kappa shape index (κ2) is 8.46. The number of carbonyl (C=O) groups excluding carboxylic acids is 2. The lowest BCUT2D eigenvalue weighted by Crippen LogP contribution is -2.39. The van der Waals surface area contributed by atoms with E-state index in [0.29, 0.717) is 11.4 Å². The zero-order chi connectivity index (χ0) is 21.0. The van der Waals surface area contributed by atoms with Crippen molar-refractivity contribution in [3.05, 3.63) is 47.9 Å². The van der Waals surface area contributed by atoms with Crippen LogP contribution in [0.4, 0.5) is 5.82 Å². The highest BCUT2D eigenvalue weighted by Crippen LogP contribution is 2.23. The predicted molar refractivity (Wildman–Crippen MR) is 108 cm³/mol. The molecule has 154 valence electrons. The molecule has 2 N–H and O–H groups in total. The molecule has 8 nitrogen and oxygen atoms in total. The number of pyridine rings is 2. The molecule has 1 aliphatic rings. The second-order valence-corrected chi connectivity index (χ2v) is 7.93. The molecule has 1 aliphatic heterocycles. The molecule has 2 aromatic rings. The van der Waals surface area contributed by atoms with Gasteiger partial charge in [0.25, 0.3) is 5.91 Å². The van der Waals surface area contributed by atoms with Crippen molar-refractivity contribution in [2.45, 2.75) is 45.3 Å². The Morgan fingerprint density at radius 2 is 1.86 bits per heavy atom. The molecule has 1 fully saturated rings. The fourth-order valence-electron chi connectivity index (χ4n) is 3.06. The van der Waals surface area contributed by atoms with Gasteiger partial charge >= 0.3 is 5.97 Å². The van der Waals surface area contributed by atoms with Crippen molar-refractivity contribution in [2.24, 2.45) is 5.73 Å². The summed E-state index contributed by atoms with van der Waals surface area (Å²) in [7, 11) is 0. The van der Waals surface area contributed by atoms with Gasteiger partial charge in [0.2, 0.25) is 0 Å². The molecular formula is C21H26N4O4. The molecule has 0 radical (unpaired) electrons. The summed E-state index contributed by atoms with van der Waals surface area (Å²) < 4.78 is 11.4. The molecule has 0 unspecified atom stereocenters.